The first-order chi connectivity index (χ1) is 15.1. The Morgan fingerprint density at radius 1 is 1.16 bits per heavy atom. The minimum Gasteiger partial charge on any atom is -0.361 e. The molecule has 8 nitrogen and oxygen atoms in total. The lowest BCUT2D eigenvalue weighted by Gasteiger charge is -2.26. The van der Waals surface area contributed by atoms with Gasteiger partial charge in [-0.05, 0) is 43.3 Å². The Hall–Kier alpha value is -3.72. The minimum absolute atomic E-state index is 0.0123. The van der Waals surface area contributed by atoms with E-state index in [1.54, 1.807) is 13.0 Å². The van der Waals surface area contributed by atoms with Gasteiger partial charge in [-0.1, -0.05) is 16.5 Å². The molecule has 4 aromatic rings. The maximum Gasteiger partial charge on any atom is 0.279 e. The molecule has 2 amide bonds. The highest BCUT2D eigenvalue weighted by Crippen LogP contribution is 2.29. The molecular formula is C22H19N5O3S. The molecule has 1 N–H and O–H groups in total. The third-order valence-corrected chi connectivity index (χ3v) is 6.11. The molecular weight excluding hydrogens is 414 g/mol. The number of benzene rings is 1. The SMILES string of the molecule is Cc1cc(C(=O)Nc2nc3c(s2)CN(C(=O)c2ccc(-n4cccc4)cc2)CC3)no1. The number of amides is 2. The Bertz CT molecular complexity index is 1240. The fourth-order valence-electron chi connectivity index (χ4n) is 3.52. The number of nitrogens with zero attached hydrogens (tertiary/aromatic N) is 4. The Labute approximate surface area is 182 Å². The van der Waals surface area contributed by atoms with Gasteiger partial charge in [0, 0.05) is 47.6 Å². The van der Waals surface area contributed by atoms with Gasteiger partial charge in [0.2, 0.25) is 0 Å². The van der Waals surface area contributed by atoms with Crippen molar-refractivity contribution in [2.45, 2.75) is 19.9 Å². The van der Waals surface area contributed by atoms with Crippen LogP contribution in [0.3, 0.4) is 0 Å². The lowest BCUT2D eigenvalue weighted by Crippen LogP contribution is -2.35. The molecule has 0 saturated heterocycles. The van der Waals surface area contributed by atoms with E-state index < -0.39 is 0 Å². The first kappa shape index (κ1) is 19.3. The van der Waals surface area contributed by atoms with Crippen LogP contribution in [0.5, 0.6) is 0 Å². The van der Waals surface area contributed by atoms with Gasteiger partial charge in [0.15, 0.2) is 10.8 Å². The second kappa shape index (κ2) is 7.84. The van der Waals surface area contributed by atoms with Crippen LogP contribution in [0.15, 0.2) is 59.4 Å². The highest BCUT2D eigenvalue weighted by atomic mass is 32.1. The topological polar surface area (TPSA) is 93.3 Å². The largest absolute Gasteiger partial charge is 0.361 e. The highest BCUT2D eigenvalue weighted by molar-refractivity contribution is 7.15. The number of carbonyl (C=O) groups is 2. The molecule has 3 aromatic heterocycles. The third kappa shape index (κ3) is 3.87. The monoisotopic (exact) mass is 433 g/mol. The Morgan fingerprint density at radius 2 is 1.94 bits per heavy atom. The summed E-state index contributed by atoms with van der Waals surface area (Å²) in [5.74, 6) is 0.194. The molecule has 0 unspecified atom stereocenters. The highest BCUT2D eigenvalue weighted by Gasteiger charge is 2.25. The molecule has 5 rings (SSSR count). The number of aromatic nitrogens is 3. The second-order valence-electron chi connectivity index (χ2n) is 7.28. The lowest BCUT2D eigenvalue weighted by atomic mass is 10.1. The second-order valence-corrected chi connectivity index (χ2v) is 8.36. The molecule has 31 heavy (non-hydrogen) atoms. The number of aryl methyl sites for hydroxylation is 1. The van der Waals surface area contributed by atoms with Crippen LogP contribution in [-0.2, 0) is 13.0 Å². The standard InChI is InChI=1S/C22H19N5O3S/c1-14-12-18(25-30-14)20(28)24-22-23-17-8-11-27(13-19(17)31-22)21(29)15-4-6-16(7-5-15)26-9-2-3-10-26/h2-7,9-10,12H,8,11,13H2,1H3,(H,23,24,28). The van der Waals surface area contributed by atoms with Gasteiger partial charge in [-0.15, -0.1) is 0 Å². The number of hydrogen-bond acceptors (Lipinski definition) is 6. The van der Waals surface area contributed by atoms with E-state index in [1.165, 1.54) is 11.3 Å². The molecule has 1 aliphatic rings. The first-order valence-corrected chi connectivity index (χ1v) is 10.6. The number of nitrogens with one attached hydrogen (secondary N) is 1. The maximum atomic E-state index is 13.0. The van der Waals surface area contributed by atoms with Crippen molar-refractivity contribution in [2.24, 2.45) is 0 Å². The van der Waals surface area contributed by atoms with Crippen LogP contribution in [0.25, 0.3) is 5.69 Å². The van der Waals surface area contributed by atoms with E-state index >= 15 is 0 Å². The van der Waals surface area contributed by atoms with Gasteiger partial charge in [-0.25, -0.2) is 4.98 Å². The molecule has 156 valence electrons. The maximum absolute atomic E-state index is 13.0. The summed E-state index contributed by atoms with van der Waals surface area (Å²) >= 11 is 1.38. The molecule has 1 aliphatic heterocycles. The average molecular weight is 433 g/mol. The minimum atomic E-state index is -0.362. The molecule has 0 fully saturated rings. The number of anilines is 1. The van der Waals surface area contributed by atoms with Crippen molar-refractivity contribution in [2.75, 3.05) is 11.9 Å². The third-order valence-electron chi connectivity index (χ3n) is 5.12. The van der Waals surface area contributed by atoms with E-state index in [1.807, 2.05) is 58.3 Å². The Morgan fingerprint density at radius 3 is 2.65 bits per heavy atom. The van der Waals surface area contributed by atoms with Crippen LogP contribution >= 0.6 is 11.3 Å². The molecule has 0 radical (unpaired) electrons. The van der Waals surface area contributed by atoms with Crippen molar-refractivity contribution < 1.29 is 14.1 Å². The van der Waals surface area contributed by atoms with Gasteiger partial charge < -0.3 is 14.0 Å². The molecule has 0 bridgehead atoms. The summed E-state index contributed by atoms with van der Waals surface area (Å²) in [6, 6.07) is 13.1. The Kier molecular flexibility index (Phi) is 4.87. The Balaban J connectivity index is 1.27. The number of rotatable bonds is 4. The molecule has 1 aromatic carbocycles. The van der Waals surface area contributed by atoms with E-state index in [0.717, 1.165) is 16.3 Å². The van der Waals surface area contributed by atoms with Gasteiger partial charge in [0.05, 0.1) is 12.2 Å². The average Bonchev–Trinajstić information content (AvgIpc) is 3.53. The molecule has 0 spiro atoms. The zero-order valence-corrected chi connectivity index (χ0v) is 17.6. The predicted molar refractivity (Wildman–Crippen MR) is 116 cm³/mol. The number of thiazole rings is 1. The number of hydrogen-bond donors (Lipinski definition) is 1. The lowest BCUT2D eigenvalue weighted by molar-refractivity contribution is 0.0736. The van der Waals surface area contributed by atoms with Gasteiger partial charge in [0.25, 0.3) is 11.8 Å². The van der Waals surface area contributed by atoms with E-state index in [-0.39, 0.29) is 17.5 Å². The van der Waals surface area contributed by atoms with Crippen LogP contribution < -0.4 is 5.32 Å². The first-order valence-electron chi connectivity index (χ1n) is 9.83. The van der Waals surface area contributed by atoms with E-state index in [9.17, 15) is 9.59 Å². The van der Waals surface area contributed by atoms with E-state index in [4.69, 9.17) is 4.52 Å². The van der Waals surface area contributed by atoms with E-state index in [0.29, 0.717) is 36.0 Å². The van der Waals surface area contributed by atoms with Crippen LogP contribution in [0.4, 0.5) is 5.13 Å². The molecule has 4 heterocycles. The van der Waals surface area contributed by atoms with Crippen molar-refractivity contribution in [3.05, 3.63) is 82.4 Å². The molecule has 0 aliphatic carbocycles. The summed E-state index contributed by atoms with van der Waals surface area (Å²) in [5, 5.41) is 6.99. The number of fused-ring (bicyclic) bond motifs is 1. The zero-order chi connectivity index (χ0) is 21.4. The summed E-state index contributed by atoms with van der Waals surface area (Å²) in [5.41, 5.74) is 2.79. The molecule has 9 heteroatoms. The van der Waals surface area contributed by atoms with Crippen molar-refractivity contribution in [1.82, 2.24) is 19.6 Å². The summed E-state index contributed by atoms with van der Waals surface area (Å²) < 4.78 is 6.94. The van der Waals surface area contributed by atoms with Crippen molar-refractivity contribution in [3.8, 4) is 5.69 Å². The van der Waals surface area contributed by atoms with Crippen molar-refractivity contribution >= 4 is 28.3 Å². The predicted octanol–water partition coefficient (Wildman–Crippen LogP) is 3.68. The fraction of sp³-hybridized carbons (Fsp3) is 0.182. The van der Waals surface area contributed by atoms with Crippen molar-refractivity contribution in [3.63, 3.8) is 0 Å². The van der Waals surface area contributed by atoms with E-state index in [2.05, 4.69) is 15.5 Å². The van der Waals surface area contributed by atoms with Gasteiger partial charge >= 0.3 is 0 Å². The van der Waals surface area contributed by atoms with Crippen LogP contribution in [0, 0.1) is 6.92 Å². The molecule has 0 atom stereocenters. The van der Waals surface area contributed by atoms with Crippen LogP contribution in [-0.4, -0.2) is 38.0 Å². The summed E-state index contributed by atoms with van der Waals surface area (Å²) in [4.78, 5) is 32.6. The van der Waals surface area contributed by atoms with Gasteiger partial charge in [0.1, 0.15) is 5.76 Å². The van der Waals surface area contributed by atoms with Gasteiger partial charge in [-0.3, -0.25) is 14.9 Å². The number of carbonyl (C=O) groups excluding carboxylic acids is 2. The van der Waals surface area contributed by atoms with Crippen LogP contribution in [0.2, 0.25) is 0 Å². The summed E-state index contributed by atoms with van der Waals surface area (Å²) in [6.07, 6.45) is 4.58. The summed E-state index contributed by atoms with van der Waals surface area (Å²) in [6.45, 7) is 2.79. The van der Waals surface area contributed by atoms with Crippen molar-refractivity contribution in [1.29, 1.82) is 0 Å². The zero-order valence-electron chi connectivity index (χ0n) is 16.7. The fourth-order valence-corrected chi connectivity index (χ4v) is 4.54. The quantitative estimate of drug-likeness (QED) is 0.530. The van der Waals surface area contributed by atoms with Crippen LogP contribution in [0.1, 0.15) is 37.2 Å². The smallest absolute Gasteiger partial charge is 0.279 e. The molecule has 0 saturated carbocycles. The van der Waals surface area contributed by atoms with Gasteiger partial charge in [-0.2, -0.15) is 0 Å². The summed E-state index contributed by atoms with van der Waals surface area (Å²) in [7, 11) is 0. The normalized spacial score (nSPS) is 13.1.